The molecule has 0 saturated carbocycles. The zero-order valence-electron chi connectivity index (χ0n) is 17.6. The Bertz CT molecular complexity index is 1330. The summed E-state index contributed by atoms with van der Waals surface area (Å²) in [5.74, 6) is 0.0945. The van der Waals surface area contributed by atoms with Crippen LogP contribution in [0.1, 0.15) is 23.1 Å². The predicted octanol–water partition coefficient (Wildman–Crippen LogP) is 2.32. The van der Waals surface area contributed by atoms with Gasteiger partial charge in [0.15, 0.2) is 0 Å². The molecule has 1 aliphatic rings. The molecule has 9 nitrogen and oxygen atoms in total. The van der Waals surface area contributed by atoms with Gasteiger partial charge >= 0.3 is 0 Å². The fraction of sp³-hybridized carbons (Fsp3) is 0.368. The van der Waals surface area contributed by atoms with E-state index in [4.69, 9.17) is 0 Å². The van der Waals surface area contributed by atoms with Gasteiger partial charge < -0.3 is 0 Å². The Kier molecular flexibility index (Phi) is 6.02. The van der Waals surface area contributed by atoms with E-state index in [1.165, 1.54) is 16.4 Å². The average Bonchev–Trinajstić information content (AvgIpc) is 2.97. The largest absolute Gasteiger partial charge is 0.283 e. The van der Waals surface area contributed by atoms with Gasteiger partial charge in [-0.2, -0.15) is 0 Å². The minimum absolute atomic E-state index is 0.0181. The molecule has 1 fully saturated rings. The molecule has 0 aliphatic carbocycles. The van der Waals surface area contributed by atoms with Gasteiger partial charge in [-0.1, -0.05) is 6.07 Å². The number of anilines is 3. The fourth-order valence-corrected chi connectivity index (χ4v) is 7.54. The summed E-state index contributed by atoms with van der Waals surface area (Å²) in [7, 11) is -11.0. The summed E-state index contributed by atoms with van der Waals surface area (Å²) in [5, 5.41) is 0. The van der Waals surface area contributed by atoms with Crippen LogP contribution < -0.4 is 13.7 Å². The fourth-order valence-electron chi connectivity index (χ4n) is 3.75. The molecule has 3 rings (SSSR count). The first-order valence-electron chi connectivity index (χ1n) is 9.43. The van der Waals surface area contributed by atoms with Crippen molar-refractivity contribution < 1.29 is 25.3 Å². The topological polar surface area (TPSA) is 130 Å². The smallest absolute Gasteiger partial charge is 0.262 e. The van der Waals surface area contributed by atoms with E-state index < -0.39 is 30.1 Å². The molecule has 1 heterocycles. The Morgan fingerprint density at radius 1 is 0.935 bits per heavy atom. The molecule has 0 spiro atoms. The number of hydrogen-bond donors (Lipinski definition) is 2. The molecule has 0 unspecified atom stereocenters. The highest BCUT2D eigenvalue weighted by Gasteiger charge is 2.28. The van der Waals surface area contributed by atoms with Crippen molar-refractivity contribution in [2.45, 2.75) is 32.1 Å². The summed E-state index contributed by atoms with van der Waals surface area (Å²) in [6, 6.07) is 7.69. The highest BCUT2D eigenvalue weighted by Crippen LogP contribution is 2.32. The molecular weight excluding hydrogens is 462 g/mol. The van der Waals surface area contributed by atoms with Crippen molar-refractivity contribution in [2.75, 3.05) is 32.3 Å². The standard InChI is InChI=1S/C19H25N3O6S3/c1-13-12-14(2)19(15(3)18(13)21-29(4,23)24)31(27,28)20-16-6-8-17(9-7-16)22-10-5-11-30(22,25)26/h6-9,12,20-21H,5,10-11H2,1-4H3. The minimum Gasteiger partial charge on any atom is -0.283 e. The van der Waals surface area contributed by atoms with E-state index in [1.54, 1.807) is 39.0 Å². The second-order valence-corrected chi connectivity index (χ2v) is 13.0. The quantitative estimate of drug-likeness (QED) is 0.643. The Morgan fingerprint density at radius 2 is 1.55 bits per heavy atom. The third-order valence-electron chi connectivity index (χ3n) is 4.96. The summed E-state index contributed by atoms with van der Waals surface area (Å²) in [4.78, 5) is -0.0181. The molecule has 2 aromatic rings. The summed E-state index contributed by atoms with van der Waals surface area (Å²) < 4.78 is 80.0. The molecule has 2 N–H and O–H groups in total. The first kappa shape index (κ1) is 23.4. The van der Waals surface area contributed by atoms with Gasteiger partial charge in [0.05, 0.1) is 28.3 Å². The van der Waals surface area contributed by atoms with E-state index in [-0.39, 0.29) is 27.6 Å². The van der Waals surface area contributed by atoms with Gasteiger partial charge in [-0.15, -0.1) is 0 Å². The maximum Gasteiger partial charge on any atom is 0.262 e. The maximum absolute atomic E-state index is 13.1. The zero-order chi connectivity index (χ0) is 23.2. The molecule has 1 aliphatic heterocycles. The van der Waals surface area contributed by atoms with Crippen LogP contribution in [0.25, 0.3) is 0 Å². The van der Waals surface area contributed by atoms with Gasteiger partial charge in [0.25, 0.3) is 10.0 Å². The number of nitrogens with zero attached hydrogens (tertiary/aromatic N) is 1. The molecule has 0 aromatic heterocycles. The summed E-state index contributed by atoms with van der Waals surface area (Å²) >= 11 is 0. The second-order valence-electron chi connectivity index (χ2n) is 7.61. The van der Waals surface area contributed by atoms with Gasteiger partial charge in [-0.3, -0.25) is 13.7 Å². The van der Waals surface area contributed by atoms with E-state index in [1.807, 2.05) is 0 Å². The van der Waals surface area contributed by atoms with E-state index in [0.717, 1.165) is 6.26 Å². The molecule has 170 valence electrons. The third kappa shape index (κ3) is 4.96. The zero-order valence-corrected chi connectivity index (χ0v) is 20.1. The maximum atomic E-state index is 13.1. The van der Waals surface area contributed by atoms with E-state index in [2.05, 4.69) is 9.44 Å². The SMILES string of the molecule is Cc1cc(C)c(S(=O)(=O)Nc2ccc(N3CCCS3(=O)=O)cc2)c(C)c1NS(C)(=O)=O. The van der Waals surface area contributed by atoms with E-state index in [0.29, 0.717) is 29.8 Å². The van der Waals surface area contributed by atoms with Crippen LogP contribution in [-0.2, 0) is 30.1 Å². The van der Waals surface area contributed by atoms with Crippen LogP contribution in [0.15, 0.2) is 35.2 Å². The molecule has 0 bridgehead atoms. The van der Waals surface area contributed by atoms with Crippen molar-refractivity contribution in [3.8, 4) is 0 Å². The van der Waals surface area contributed by atoms with Gasteiger partial charge in [0, 0.05) is 12.2 Å². The van der Waals surface area contributed by atoms with Gasteiger partial charge in [0.1, 0.15) is 0 Å². The van der Waals surface area contributed by atoms with E-state index >= 15 is 0 Å². The summed E-state index contributed by atoms with van der Waals surface area (Å²) in [6.07, 6.45) is 1.55. The molecule has 0 radical (unpaired) electrons. The number of rotatable bonds is 6. The lowest BCUT2D eigenvalue weighted by molar-refractivity contribution is 0.598. The number of sulfonamides is 3. The molecule has 0 atom stereocenters. The average molecular weight is 488 g/mol. The highest BCUT2D eigenvalue weighted by atomic mass is 32.2. The lowest BCUT2D eigenvalue weighted by atomic mass is 10.1. The van der Waals surface area contributed by atoms with Crippen molar-refractivity contribution in [3.05, 3.63) is 47.0 Å². The van der Waals surface area contributed by atoms with Gasteiger partial charge in [0.2, 0.25) is 20.0 Å². The Morgan fingerprint density at radius 3 is 2.06 bits per heavy atom. The lowest BCUT2D eigenvalue weighted by Crippen LogP contribution is -2.25. The van der Waals surface area contributed by atoms with Crippen LogP contribution in [0.2, 0.25) is 0 Å². The first-order valence-corrected chi connectivity index (χ1v) is 14.4. The Balaban J connectivity index is 1.95. The van der Waals surface area contributed by atoms with Gasteiger partial charge in [-0.05, 0) is 68.1 Å². The van der Waals surface area contributed by atoms with Crippen molar-refractivity contribution in [3.63, 3.8) is 0 Å². The second kappa shape index (κ2) is 7.99. The molecule has 1 saturated heterocycles. The molecule has 2 aromatic carbocycles. The van der Waals surface area contributed by atoms with Crippen LogP contribution in [0.5, 0.6) is 0 Å². The summed E-state index contributed by atoms with van der Waals surface area (Å²) in [6.45, 7) is 5.28. The molecule has 12 heteroatoms. The summed E-state index contributed by atoms with van der Waals surface area (Å²) in [5.41, 5.74) is 2.33. The first-order chi connectivity index (χ1) is 14.2. The van der Waals surface area contributed by atoms with Gasteiger partial charge in [-0.25, -0.2) is 25.3 Å². The van der Waals surface area contributed by atoms with Crippen LogP contribution in [0.3, 0.4) is 0 Å². The number of aryl methyl sites for hydroxylation is 2. The molecule has 31 heavy (non-hydrogen) atoms. The lowest BCUT2D eigenvalue weighted by Gasteiger charge is -2.19. The number of hydrogen-bond acceptors (Lipinski definition) is 6. The number of nitrogens with one attached hydrogen (secondary N) is 2. The van der Waals surface area contributed by atoms with Crippen LogP contribution in [-0.4, -0.2) is 43.8 Å². The van der Waals surface area contributed by atoms with Crippen LogP contribution >= 0.6 is 0 Å². The van der Waals surface area contributed by atoms with Crippen LogP contribution in [0, 0.1) is 20.8 Å². The predicted molar refractivity (Wildman–Crippen MR) is 122 cm³/mol. The monoisotopic (exact) mass is 487 g/mol. The third-order valence-corrected chi connectivity index (χ3v) is 9.08. The molecular formula is C19H25N3O6S3. The van der Waals surface area contributed by atoms with Crippen LogP contribution in [0.4, 0.5) is 17.1 Å². The Labute approximate surface area is 183 Å². The van der Waals surface area contributed by atoms with E-state index in [9.17, 15) is 25.3 Å². The number of benzene rings is 2. The van der Waals surface area contributed by atoms with Crippen molar-refractivity contribution in [1.29, 1.82) is 0 Å². The molecule has 0 amide bonds. The van der Waals surface area contributed by atoms with Crippen molar-refractivity contribution in [1.82, 2.24) is 0 Å². The van der Waals surface area contributed by atoms with Crippen molar-refractivity contribution >= 4 is 47.1 Å². The Hall–Kier alpha value is -2.31. The highest BCUT2D eigenvalue weighted by molar-refractivity contribution is 7.93. The minimum atomic E-state index is -4.04. The normalized spacial score (nSPS) is 16.3. The van der Waals surface area contributed by atoms with Crippen molar-refractivity contribution in [2.24, 2.45) is 0 Å².